The van der Waals surface area contributed by atoms with E-state index in [1.165, 1.54) is 0 Å². The summed E-state index contributed by atoms with van der Waals surface area (Å²) < 4.78 is 0. The molecular weight excluding hydrogens is 1190 g/mol. The number of rotatable bonds is 47. The fourth-order valence-corrected chi connectivity index (χ4v) is 7.35. The van der Waals surface area contributed by atoms with Gasteiger partial charge in [0, 0.05) is 0 Å². The number of aliphatic hydroxyl groups is 1. The third-order valence-corrected chi connectivity index (χ3v) is 11.6. The van der Waals surface area contributed by atoms with E-state index < -0.39 is 219 Å². The molecule has 0 rings (SSSR count). The minimum absolute atomic E-state index is 0.00560. The number of carboxylic acid groups (broad SMARTS) is 7. The molecule has 0 aromatic heterocycles. The molecule has 0 aromatic rings. The molecule has 0 saturated carbocycles. The van der Waals surface area contributed by atoms with Gasteiger partial charge in [-0.15, -0.1) is 0 Å². The zero-order chi connectivity index (χ0) is 67.5. The number of carbonyl (C=O) groups excluding carboxylic acids is 9. The summed E-state index contributed by atoms with van der Waals surface area (Å²) in [5, 5.41) is 102. The van der Waals surface area contributed by atoms with Gasteiger partial charge >= 0.3 is 41.8 Å². The molecule has 0 heterocycles. The Balaban J connectivity index is 6.85. The zero-order valence-electron chi connectivity index (χ0n) is 47.0. The van der Waals surface area contributed by atoms with Gasteiger partial charge in [0.05, 0.1) is 51.2 Å². The highest BCUT2D eigenvalue weighted by atomic mass is 16.4. The number of aliphatic hydroxyl groups excluding tert-OH is 1. The van der Waals surface area contributed by atoms with E-state index in [-0.39, 0.29) is 51.7 Å². The first-order valence-corrected chi connectivity index (χ1v) is 26.3. The molecule has 0 bridgehead atoms. The molecule has 0 unspecified atom stereocenters. The van der Waals surface area contributed by atoms with Crippen molar-refractivity contribution in [2.24, 2.45) is 40.1 Å². The Morgan fingerprint density at radius 2 is 0.477 bits per heavy atom. The Morgan fingerprint density at radius 1 is 0.273 bits per heavy atom. The van der Waals surface area contributed by atoms with Crippen LogP contribution in [0, 0.1) is 0 Å². The minimum Gasteiger partial charge on any atom is -0.481 e. The summed E-state index contributed by atoms with van der Waals surface area (Å²) in [4.78, 5) is 204. The lowest BCUT2D eigenvalue weighted by atomic mass is 10.0. The maximum atomic E-state index is 14.0. The Labute approximate surface area is 498 Å². The highest BCUT2D eigenvalue weighted by Gasteiger charge is 2.38. The van der Waals surface area contributed by atoms with Gasteiger partial charge in [0.25, 0.3) is 0 Å². The quantitative estimate of drug-likeness (QED) is 0.0199. The van der Waals surface area contributed by atoms with Crippen molar-refractivity contribution in [3.05, 3.63) is 0 Å². The SMILES string of the molecule is NC(N)NCCC[C@H](NC(=O)[C@H](CCCNC(N)N)NC(=O)[C@@H](N)CCCNC(N)N)C(=O)N[C@@H](CC(=O)O)C(=O)N[C@@H](CC(=O)O)C(=O)N[C@@H](CC(=O)O)C(=O)N[C@@H](CO)C(=O)N[C@@H](CC(=O)O)C(=O)N[C@@H](CC(=O)O)C(=O)N[C@@H](CC(=O)O)C(=O)O. The van der Waals surface area contributed by atoms with E-state index in [4.69, 9.17) is 45.2 Å². The number of hydrogen-bond donors (Lipinski definition) is 27. The molecule has 0 aliphatic carbocycles. The molecule has 498 valence electrons. The number of carbonyl (C=O) groups is 16. The number of nitrogens with one attached hydrogen (secondary N) is 12. The van der Waals surface area contributed by atoms with Crippen LogP contribution >= 0.6 is 0 Å². The van der Waals surface area contributed by atoms with Gasteiger partial charge in [-0.05, 0) is 58.2 Å². The summed E-state index contributed by atoms with van der Waals surface area (Å²) in [5.41, 5.74) is 39.1. The second kappa shape index (κ2) is 41.2. The third-order valence-electron chi connectivity index (χ3n) is 11.6. The molecule has 0 aliphatic rings. The van der Waals surface area contributed by atoms with Crippen LogP contribution in [-0.2, 0) is 76.7 Å². The van der Waals surface area contributed by atoms with E-state index in [0.717, 1.165) is 0 Å². The van der Waals surface area contributed by atoms with Crippen molar-refractivity contribution in [3.63, 3.8) is 0 Å². The van der Waals surface area contributed by atoms with Crippen LogP contribution in [0.1, 0.15) is 77.0 Å². The first-order valence-electron chi connectivity index (χ1n) is 26.3. The second-order valence-corrected chi connectivity index (χ2v) is 19.1. The Kier molecular flexibility index (Phi) is 37.0. The van der Waals surface area contributed by atoms with Crippen LogP contribution in [-0.4, -0.2) is 241 Å². The molecule has 0 fully saturated rings. The van der Waals surface area contributed by atoms with Gasteiger partial charge < -0.3 is 129 Å². The zero-order valence-corrected chi connectivity index (χ0v) is 47.0. The van der Waals surface area contributed by atoms with Crippen molar-refractivity contribution in [2.45, 2.75) is 156 Å². The Hall–Kier alpha value is -8.92. The molecular formula is C45H79N19O24. The van der Waals surface area contributed by atoms with Gasteiger partial charge in [0.15, 0.2) is 0 Å². The average Bonchev–Trinajstić information content (AvgIpc) is 3.58. The standard InChI is InChI=1S/C45H79N19O24/c46-17(4-1-7-53-43(47)48)33(78)56-18(5-2-8-54-44(49)50)34(79)57-19(6-3-9-55-45(51)52)35(80)58-20(10-27(66)67)36(81)59-21(11-28(68)69)37(82)61-24(14-31(74)75)40(85)64-26(16-65)41(86)62-22(12-29(70)71)38(83)60-23(13-30(72)73)39(84)63-25(42(87)88)15-32(76)77/h17-26,43-45,53-55,65H,1-16,46-52H2,(H,56,78)(H,57,79)(H,58,80)(H,59,81)(H,60,83)(H,61,82)(H,62,86)(H,63,84)(H,64,85)(H,66,67)(H,68,69)(H,70,71)(H,72,73)(H,74,75)(H,76,77)(H,87,88)/t17-,18-,19-,20-,21-,22-,23-,24-,25-,26-/m0/s1. The lowest BCUT2D eigenvalue weighted by Crippen LogP contribution is -2.61. The van der Waals surface area contributed by atoms with Gasteiger partial charge in [-0.1, -0.05) is 0 Å². The number of nitrogens with two attached hydrogens (primary N) is 7. The normalized spacial score (nSPS) is 14.5. The summed E-state index contributed by atoms with van der Waals surface area (Å²) in [5.74, 6) is -26.0. The molecule has 88 heavy (non-hydrogen) atoms. The predicted octanol–water partition coefficient (Wildman–Crippen LogP) is -13.7. The topological polar surface area (TPSA) is 761 Å². The molecule has 0 saturated heterocycles. The van der Waals surface area contributed by atoms with Crippen molar-refractivity contribution in [3.8, 4) is 0 Å². The van der Waals surface area contributed by atoms with E-state index in [1.54, 1.807) is 26.6 Å². The Morgan fingerprint density at radius 3 is 0.727 bits per heavy atom. The maximum Gasteiger partial charge on any atom is 0.326 e. The number of amides is 9. The van der Waals surface area contributed by atoms with Crippen LogP contribution in [0.4, 0.5) is 0 Å². The first kappa shape index (κ1) is 79.1. The summed E-state index contributed by atoms with van der Waals surface area (Å²) in [7, 11) is 0. The van der Waals surface area contributed by atoms with Crippen molar-refractivity contribution < 1.29 is 118 Å². The fraction of sp³-hybridized carbons (Fsp3) is 0.644. The first-order chi connectivity index (χ1) is 41.0. The van der Waals surface area contributed by atoms with Crippen LogP contribution in [0.15, 0.2) is 0 Å². The van der Waals surface area contributed by atoms with Crippen molar-refractivity contribution in [2.75, 3.05) is 26.2 Å². The van der Waals surface area contributed by atoms with Gasteiger partial charge in [-0.25, -0.2) is 4.79 Å². The van der Waals surface area contributed by atoms with Crippen LogP contribution < -0.4 is 104 Å². The highest BCUT2D eigenvalue weighted by Crippen LogP contribution is 2.09. The maximum absolute atomic E-state index is 14.0. The second-order valence-electron chi connectivity index (χ2n) is 19.1. The smallest absolute Gasteiger partial charge is 0.326 e. The van der Waals surface area contributed by atoms with Crippen LogP contribution in [0.2, 0.25) is 0 Å². The van der Waals surface area contributed by atoms with Gasteiger partial charge in [0.1, 0.15) is 73.2 Å². The van der Waals surface area contributed by atoms with E-state index in [0.29, 0.717) is 6.42 Å². The predicted molar refractivity (Wildman–Crippen MR) is 292 cm³/mol. The minimum atomic E-state index is -2.40. The van der Waals surface area contributed by atoms with E-state index in [2.05, 4.69) is 31.9 Å². The summed E-state index contributed by atoms with van der Waals surface area (Å²) in [6.07, 6.45) is -11.0. The van der Waals surface area contributed by atoms with E-state index >= 15 is 0 Å². The molecule has 34 N–H and O–H groups in total. The van der Waals surface area contributed by atoms with Gasteiger partial charge in [-0.3, -0.25) is 87.9 Å². The molecule has 0 aromatic carbocycles. The summed E-state index contributed by atoms with van der Waals surface area (Å²) in [6.45, 7) is -1.10. The van der Waals surface area contributed by atoms with Crippen molar-refractivity contribution >= 4 is 94.9 Å². The third kappa shape index (κ3) is 34.3. The fourth-order valence-electron chi connectivity index (χ4n) is 7.35. The lowest BCUT2D eigenvalue weighted by molar-refractivity contribution is -0.148. The molecule has 9 amide bonds. The number of carboxylic acids is 7. The van der Waals surface area contributed by atoms with Crippen molar-refractivity contribution in [1.82, 2.24) is 63.8 Å². The molecule has 43 nitrogen and oxygen atoms in total. The molecule has 0 spiro atoms. The number of hydrogen-bond acceptors (Lipinski definition) is 27. The molecule has 10 atom stereocenters. The lowest BCUT2D eigenvalue weighted by Gasteiger charge is -2.27. The van der Waals surface area contributed by atoms with Crippen LogP contribution in [0.3, 0.4) is 0 Å². The van der Waals surface area contributed by atoms with Gasteiger partial charge in [0.2, 0.25) is 53.2 Å². The average molecular weight is 1270 g/mol. The largest absolute Gasteiger partial charge is 0.481 e. The summed E-state index contributed by atoms with van der Waals surface area (Å²) in [6, 6.07) is -20.4. The van der Waals surface area contributed by atoms with Gasteiger partial charge in [-0.2, -0.15) is 0 Å². The monoisotopic (exact) mass is 1270 g/mol. The molecule has 43 heteroatoms. The summed E-state index contributed by atoms with van der Waals surface area (Å²) >= 11 is 0. The van der Waals surface area contributed by atoms with Crippen LogP contribution in [0.5, 0.6) is 0 Å². The van der Waals surface area contributed by atoms with Crippen LogP contribution in [0.25, 0.3) is 0 Å². The van der Waals surface area contributed by atoms with E-state index in [1.807, 2.05) is 5.32 Å². The highest BCUT2D eigenvalue weighted by molar-refractivity contribution is 6.01. The molecule has 0 aliphatic heterocycles. The van der Waals surface area contributed by atoms with Crippen molar-refractivity contribution in [1.29, 1.82) is 0 Å². The number of aliphatic carboxylic acids is 7. The van der Waals surface area contributed by atoms with E-state index in [9.17, 15) is 112 Å². The molecule has 0 radical (unpaired) electrons. The Bertz CT molecular complexity index is 2460.